The minimum Gasteiger partial charge on any atom is -0.542 e. The summed E-state index contributed by atoms with van der Waals surface area (Å²) in [6, 6.07) is 1.23. The van der Waals surface area contributed by atoms with Crippen LogP contribution in [0.1, 0.15) is 21.1 Å². The van der Waals surface area contributed by atoms with Crippen LogP contribution in [0.2, 0.25) is 0 Å². The van der Waals surface area contributed by atoms with Crippen molar-refractivity contribution in [1.29, 1.82) is 0 Å². The van der Waals surface area contributed by atoms with E-state index in [0.29, 0.717) is 12.1 Å². The van der Waals surface area contributed by atoms with Crippen molar-refractivity contribution in [2.45, 2.75) is 0 Å². The Labute approximate surface area is 121 Å². The summed E-state index contributed by atoms with van der Waals surface area (Å²) in [7, 11) is 0. The summed E-state index contributed by atoms with van der Waals surface area (Å²) in [6.07, 6.45) is 0. The second kappa shape index (κ2) is 17.2. The van der Waals surface area contributed by atoms with Crippen LogP contribution in [0.25, 0.3) is 0 Å². The van der Waals surface area contributed by atoms with Crippen LogP contribution in [0.15, 0.2) is 21.3 Å². The number of hydrogen-bond donors (Lipinski definition) is 0. The molecule has 16 N–H and O–H groups in total. The predicted molar refractivity (Wildman–Crippen MR) is 60.4 cm³/mol. The molecule has 1 rings (SSSR count). The van der Waals surface area contributed by atoms with Gasteiger partial charge in [-0.1, -0.05) is 0 Å². The standard InChI is InChI=1S/C7H4O6.Cu.6H2O/c8-3-1-4(6(9)10)13-5(2-3)7(11)12;;;;;;;/h1-2H,(H,9,10)(H,11,12);;6*1H2/q;+2;;;;;;/p+2. The smallest absolute Gasteiger partial charge is 0.542 e. The van der Waals surface area contributed by atoms with Gasteiger partial charge in [0.2, 0.25) is 0 Å². The molecule has 1 heterocycles. The Morgan fingerprint density at radius 2 is 1.10 bits per heavy atom. The third kappa shape index (κ3) is 11.3. The molecule has 1 radical (unpaired) electrons. The van der Waals surface area contributed by atoms with E-state index in [2.05, 4.69) is 4.42 Å². The van der Waals surface area contributed by atoms with Gasteiger partial charge in [0.25, 0.3) is 0 Å². The molecular weight excluding hydrogens is 340 g/mol. The van der Waals surface area contributed by atoms with Crippen molar-refractivity contribution in [2.75, 3.05) is 0 Å². The van der Waals surface area contributed by atoms with E-state index in [4.69, 9.17) is 0 Å². The van der Waals surface area contributed by atoms with Gasteiger partial charge in [0.1, 0.15) is 11.9 Å². The van der Waals surface area contributed by atoms with E-state index in [9.17, 15) is 24.6 Å². The van der Waals surface area contributed by atoms with Crippen molar-refractivity contribution in [3.8, 4) is 0 Å². The zero-order valence-corrected chi connectivity index (χ0v) is 10.7. The summed E-state index contributed by atoms with van der Waals surface area (Å²) < 4.78 is 4.26. The van der Waals surface area contributed by atoms with Crippen molar-refractivity contribution >= 4 is 11.9 Å². The molecule has 13 heteroatoms. The molecule has 1 aromatic heterocycles. The van der Waals surface area contributed by atoms with Crippen molar-refractivity contribution < 1.29 is 74.1 Å². The minimum atomic E-state index is -1.76. The third-order valence-electron chi connectivity index (χ3n) is 1.17. The number of carboxylic acid groups (broad SMARTS) is 2. The van der Waals surface area contributed by atoms with Crippen LogP contribution in [0.3, 0.4) is 0 Å². The van der Waals surface area contributed by atoms with Gasteiger partial charge >= 0.3 is 17.1 Å². The number of carbonyl (C=O) groups excluding carboxylic acids is 2. The van der Waals surface area contributed by atoms with E-state index in [-0.39, 0.29) is 49.9 Å². The van der Waals surface area contributed by atoms with Crippen LogP contribution in [-0.2, 0) is 39.0 Å². The Balaban J connectivity index is -0.0000000483. The van der Waals surface area contributed by atoms with E-state index in [0.717, 1.165) is 0 Å². The zero-order chi connectivity index (χ0) is 10.0. The summed E-state index contributed by atoms with van der Waals surface area (Å²) in [5.74, 6) is -5.21. The third-order valence-corrected chi connectivity index (χ3v) is 1.17. The Kier molecular flexibility index (Phi) is 36.9. The summed E-state index contributed by atoms with van der Waals surface area (Å²) in [4.78, 5) is 31.0. The second-order valence-electron chi connectivity index (χ2n) is 2.10. The Hall–Kier alpha value is -1.83. The first-order chi connectivity index (χ1) is 6.00. The maximum absolute atomic E-state index is 10.7. The van der Waals surface area contributed by atoms with E-state index >= 15 is 0 Å². The van der Waals surface area contributed by atoms with E-state index in [1.165, 1.54) is 0 Å². The summed E-state index contributed by atoms with van der Waals surface area (Å²) >= 11 is 0. The summed E-state index contributed by atoms with van der Waals surface area (Å²) in [5, 5.41) is 20.3. The van der Waals surface area contributed by atoms with Crippen molar-refractivity contribution in [2.24, 2.45) is 0 Å². The molecule has 0 aliphatic rings. The van der Waals surface area contributed by atoms with E-state index < -0.39 is 28.9 Å². The van der Waals surface area contributed by atoms with Gasteiger partial charge < -0.3 is 57.1 Å². The summed E-state index contributed by atoms with van der Waals surface area (Å²) in [6.45, 7) is 0. The van der Waals surface area contributed by atoms with Gasteiger partial charge in [0, 0.05) is 12.1 Å². The molecule has 0 aliphatic carbocycles. The van der Waals surface area contributed by atoms with Crippen LogP contribution >= 0.6 is 0 Å². The molecule has 0 aliphatic heterocycles. The largest absolute Gasteiger partial charge is 2.00 e. The molecule has 0 saturated carbocycles. The maximum Gasteiger partial charge on any atom is 2.00 e. The minimum absolute atomic E-state index is 0. The fraction of sp³-hybridized carbons (Fsp3) is 0. The summed E-state index contributed by atoms with van der Waals surface area (Å²) in [5.41, 5.74) is -0.801. The van der Waals surface area contributed by atoms with Gasteiger partial charge in [-0.15, -0.1) is 0 Å². The average Bonchev–Trinajstić information content (AvgIpc) is 2.03. The molecule has 12 nitrogen and oxygen atoms in total. The molecule has 0 unspecified atom stereocenters. The normalized spacial score (nSPS) is 6.20. The molecular formula is C7H18CuO12+4. The van der Waals surface area contributed by atoms with Crippen LogP contribution in [0, 0.1) is 0 Å². The number of rotatable bonds is 2. The van der Waals surface area contributed by atoms with E-state index in [1.54, 1.807) is 0 Å². The molecule has 0 spiro atoms. The first-order valence-electron chi connectivity index (χ1n) is 3.08. The fourth-order valence-corrected chi connectivity index (χ4v) is 0.679. The average molecular weight is 358 g/mol. The molecule has 0 saturated heterocycles. The van der Waals surface area contributed by atoms with Crippen LogP contribution < -0.4 is 15.6 Å². The molecule has 125 valence electrons. The number of carboxylic acids is 2. The quantitative estimate of drug-likeness (QED) is 0.364. The monoisotopic (exact) mass is 357 g/mol. The molecule has 0 atom stereocenters. The molecule has 0 fully saturated rings. The van der Waals surface area contributed by atoms with Gasteiger partial charge in [-0.05, 0) is 0 Å². The molecule has 20 heavy (non-hydrogen) atoms. The molecule has 0 aromatic carbocycles. The number of aromatic carboxylic acids is 2. The predicted octanol–water partition coefficient (Wildman–Crippen LogP) is -7.97. The Bertz CT molecular complexity index is 391. The first-order valence-corrected chi connectivity index (χ1v) is 3.08. The van der Waals surface area contributed by atoms with Crippen LogP contribution in [0.5, 0.6) is 0 Å². The van der Waals surface area contributed by atoms with Gasteiger partial charge in [-0.3, -0.25) is 4.79 Å². The van der Waals surface area contributed by atoms with E-state index in [1.807, 2.05) is 0 Å². The van der Waals surface area contributed by atoms with Crippen molar-refractivity contribution in [3.63, 3.8) is 0 Å². The Morgan fingerprint density at radius 3 is 1.30 bits per heavy atom. The molecule has 1 aromatic rings. The topological polar surface area (TPSA) is 305 Å². The number of hydrogen-bond acceptors (Lipinski definition) is 6. The first kappa shape index (κ1) is 42.9. The van der Waals surface area contributed by atoms with Gasteiger partial charge in [-0.25, -0.2) is 0 Å². The Morgan fingerprint density at radius 1 is 0.850 bits per heavy atom. The zero-order valence-electron chi connectivity index (χ0n) is 9.72. The van der Waals surface area contributed by atoms with Crippen molar-refractivity contribution in [1.82, 2.24) is 0 Å². The van der Waals surface area contributed by atoms with Crippen LogP contribution in [0.4, 0.5) is 0 Å². The second-order valence-corrected chi connectivity index (χ2v) is 2.10. The maximum atomic E-state index is 10.7. The molecule has 0 bridgehead atoms. The SMILES string of the molecule is O.O.O=C([O-])c1cc(=O)cc(C(=O)[O-])o1.[Cu+2].[OH3+].[OH3+].[OH3+].[OH3+]. The molecule has 0 amide bonds. The van der Waals surface area contributed by atoms with Crippen LogP contribution in [-0.4, -0.2) is 22.9 Å². The van der Waals surface area contributed by atoms with Gasteiger partial charge in [-0.2, -0.15) is 0 Å². The van der Waals surface area contributed by atoms with Crippen molar-refractivity contribution in [3.05, 3.63) is 33.9 Å². The van der Waals surface area contributed by atoms with Gasteiger partial charge in [0.15, 0.2) is 16.9 Å². The number of carbonyl (C=O) groups is 2. The van der Waals surface area contributed by atoms with Gasteiger partial charge in [0.05, 0.1) is 0 Å². The fourth-order valence-electron chi connectivity index (χ4n) is 0.679.